The van der Waals surface area contributed by atoms with Gasteiger partial charge in [0.15, 0.2) is 0 Å². The largest absolute Gasteiger partial charge is 0.334 e. The minimum absolute atomic E-state index is 0.111. The highest BCUT2D eigenvalue weighted by molar-refractivity contribution is 5.78. The molecule has 3 heterocycles. The average Bonchev–Trinajstić information content (AvgIpc) is 3.01. The molecule has 5 nitrogen and oxygen atoms in total. The molecule has 0 radical (unpaired) electrons. The number of amides is 1. The van der Waals surface area contributed by atoms with E-state index in [1.165, 1.54) is 0 Å². The standard InChI is InChI=1S/C15H18N4O/c20-15(11-12-7-9-17-18-12)19-10-4-2-6-14(19)13-5-1-3-8-16-13/h1,3,5,7-9,14H,2,4,6,10-11H2,(H,17,18). The molecule has 1 saturated heterocycles. The van der Waals surface area contributed by atoms with Gasteiger partial charge in [0.05, 0.1) is 18.2 Å². The molecule has 0 aromatic carbocycles. The van der Waals surface area contributed by atoms with E-state index in [0.717, 1.165) is 37.2 Å². The van der Waals surface area contributed by atoms with Crippen LogP contribution >= 0.6 is 0 Å². The molecule has 1 fully saturated rings. The van der Waals surface area contributed by atoms with Gasteiger partial charge in [-0.2, -0.15) is 5.10 Å². The van der Waals surface area contributed by atoms with Crippen molar-refractivity contribution in [2.24, 2.45) is 0 Å². The van der Waals surface area contributed by atoms with Crippen molar-refractivity contribution in [2.75, 3.05) is 6.54 Å². The third kappa shape index (κ3) is 2.71. The van der Waals surface area contributed by atoms with Crippen LogP contribution in [-0.4, -0.2) is 32.5 Å². The van der Waals surface area contributed by atoms with Gasteiger partial charge >= 0.3 is 0 Å². The van der Waals surface area contributed by atoms with E-state index in [-0.39, 0.29) is 11.9 Å². The molecule has 20 heavy (non-hydrogen) atoms. The lowest BCUT2D eigenvalue weighted by Gasteiger charge is -2.35. The summed E-state index contributed by atoms with van der Waals surface area (Å²) in [7, 11) is 0. The van der Waals surface area contributed by atoms with E-state index in [2.05, 4.69) is 15.2 Å². The molecule has 0 spiro atoms. The van der Waals surface area contributed by atoms with Crippen molar-refractivity contribution in [2.45, 2.75) is 31.7 Å². The lowest BCUT2D eigenvalue weighted by atomic mass is 9.98. The Hall–Kier alpha value is -2.17. The van der Waals surface area contributed by atoms with Crippen LogP contribution in [-0.2, 0) is 11.2 Å². The normalized spacial score (nSPS) is 19.0. The molecule has 0 saturated carbocycles. The van der Waals surface area contributed by atoms with Gasteiger partial charge in [-0.1, -0.05) is 6.07 Å². The minimum atomic E-state index is 0.111. The number of aromatic nitrogens is 3. The summed E-state index contributed by atoms with van der Waals surface area (Å²) in [5, 5.41) is 6.74. The molecule has 1 unspecified atom stereocenters. The molecule has 5 heteroatoms. The lowest BCUT2D eigenvalue weighted by molar-refractivity contribution is -0.134. The van der Waals surface area contributed by atoms with Crippen LogP contribution in [0, 0.1) is 0 Å². The minimum Gasteiger partial charge on any atom is -0.334 e. The first kappa shape index (κ1) is 12.8. The number of hydrogen-bond donors (Lipinski definition) is 1. The van der Waals surface area contributed by atoms with Crippen LogP contribution in [0.4, 0.5) is 0 Å². The number of carbonyl (C=O) groups excluding carboxylic acids is 1. The molecule has 0 aliphatic carbocycles. The van der Waals surface area contributed by atoms with Gasteiger partial charge in [-0.25, -0.2) is 0 Å². The number of aromatic amines is 1. The van der Waals surface area contributed by atoms with Crippen molar-refractivity contribution in [3.8, 4) is 0 Å². The zero-order chi connectivity index (χ0) is 13.8. The highest BCUT2D eigenvalue weighted by Crippen LogP contribution is 2.29. The van der Waals surface area contributed by atoms with Crippen LogP contribution in [0.3, 0.4) is 0 Å². The fourth-order valence-corrected chi connectivity index (χ4v) is 2.76. The Balaban J connectivity index is 1.77. The Morgan fingerprint density at radius 3 is 3.00 bits per heavy atom. The first-order valence-corrected chi connectivity index (χ1v) is 7.03. The average molecular weight is 270 g/mol. The topological polar surface area (TPSA) is 61.9 Å². The molecule has 1 aliphatic rings. The van der Waals surface area contributed by atoms with Crippen LogP contribution in [0.25, 0.3) is 0 Å². The van der Waals surface area contributed by atoms with E-state index in [1.807, 2.05) is 29.2 Å². The summed E-state index contributed by atoms with van der Waals surface area (Å²) in [6, 6.07) is 7.85. The van der Waals surface area contributed by atoms with E-state index in [0.29, 0.717) is 6.42 Å². The fraction of sp³-hybridized carbons (Fsp3) is 0.400. The second-order valence-electron chi connectivity index (χ2n) is 5.11. The highest BCUT2D eigenvalue weighted by atomic mass is 16.2. The molecule has 1 atom stereocenters. The van der Waals surface area contributed by atoms with E-state index >= 15 is 0 Å². The molecule has 1 N–H and O–H groups in total. The summed E-state index contributed by atoms with van der Waals surface area (Å²) in [6.45, 7) is 0.814. The number of likely N-dealkylation sites (tertiary alicyclic amines) is 1. The zero-order valence-electron chi connectivity index (χ0n) is 11.3. The summed E-state index contributed by atoms with van der Waals surface area (Å²) in [5.74, 6) is 0.143. The SMILES string of the molecule is O=C(Cc1ccn[nH]1)N1CCCCC1c1ccccn1. The number of nitrogens with one attached hydrogen (secondary N) is 1. The first-order valence-electron chi connectivity index (χ1n) is 7.03. The number of hydrogen-bond acceptors (Lipinski definition) is 3. The van der Waals surface area contributed by atoms with Crippen LogP contribution in [0.1, 0.15) is 36.7 Å². The number of rotatable bonds is 3. The van der Waals surface area contributed by atoms with Gasteiger partial charge in [0.25, 0.3) is 0 Å². The van der Waals surface area contributed by atoms with Gasteiger partial charge in [-0.15, -0.1) is 0 Å². The third-order valence-electron chi connectivity index (χ3n) is 3.75. The van der Waals surface area contributed by atoms with Crippen molar-refractivity contribution in [1.82, 2.24) is 20.1 Å². The number of H-pyrrole nitrogens is 1. The highest BCUT2D eigenvalue weighted by Gasteiger charge is 2.28. The fourth-order valence-electron chi connectivity index (χ4n) is 2.76. The van der Waals surface area contributed by atoms with Crippen LogP contribution in [0.15, 0.2) is 36.7 Å². The van der Waals surface area contributed by atoms with Gasteiger partial charge < -0.3 is 4.90 Å². The maximum absolute atomic E-state index is 12.5. The Labute approximate surface area is 118 Å². The summed E-state index contributed by atoms with van der Waals surface area (Å²) < 4.78 is 0. The number of pyridine rings is 1. The number of nitrogens with zero attached hydrogens (tertiary/aromatic N) is 3. The lowest BCUT2D eigenvalue weighted by Crippen LogP contribution is -2.39. The van der Waals surface area contributed by atoms with Crippen LogP contribution in [0.2, 0.25) is 0 Å². The van der Waals surface area contributed by atoms with Gasteiger partial charge in [-0.3, -0.25) is 14.9 Å². The summed E-state index contributed by atoms with van der Waals surface area (Å²) in [4.78, 5) is 18.9. The molecule has 0 bridgehead atoms. The third-order valence-corrected chi connectivity index (χ3v) is 3.75. The Kier molecular flexibility index (Phi) is 3.76. The van der Waals surface area contributed by atoms with E-state index in [9.17, 15) is 4.79 Å². The van der Waals surface area contributed by atoms with Crippen molar-refractivity contribution >= 4 is 5.91 Å². The maximum atomic E-state index is 12.5. The quantitative estimate of drug-likeness (QED) is 0.929. The second-order valence-corrected chi connectivity index (χ2v) is 5.11. The molecule has 1 aliphatic heterocycles. The van der Waals surface area contributed by atoms with Gasteiger partial charge in [0, 0.05) is 24.6 Å². The monoisotopic (exact) mass is 270 g/mol. The Morgan fingerprint density at radius 2 is 2.25 bits per heavy atom. The Bertz CT molecular complexity index is 553. The van der Waals surface area contributed by atoms with E-state index in [1.54, 1.807) is 12.4 Å². The summed E-state index contributed by atoms with van der Waals surface area (Å²) in [5.41, 5.74) is 1.85. The molecule has 104 valence electrons. The van der Waals surface area contributed by atoms with Crippen LogP contribution < -0.4 is 0 Å². The number of piperidine rings is 1. The summed E-state index contributed by atoms with van der Waals surface area (Å²) in [6.07, 6.45) is 7.05. The molecular formula is C15H18N4O. The van der Waals surface area contributed by atoms with Crippen molar-refractivity contribution in [1.29, 1.82) is 0 Å². The number of carbonyl (C=O) groups is 1. The first-order chi connectivity index (χ1) is 9.84. The van der Waals surface area contributed by atoms with E-state index in [4.69, 9.17) is 0 Å². The molecular weight excluding hydrogens is 252 g/mol. The van der Waals surface area contributed by atoms with Gasteiger partial charge in [-0.05, 0) is 37.5 Å². The molecule has 2 aromatic rings. The predicted molar refractivity (Wildman–Crippen MR) is 74.8 cm³/mol. The van der Waals surface area contributed by atoms with E-state index < -0.39 is 0 Å². The smallest absolute Gasteiger partial charge is 0.229 e. The molecule has 3 rings (SSSR count). The van der Waals surface area contributed by atoms with Gasteiger partial charge in [0.2, 0.25) is 5.91 Å². The van der Waals surface area contributed by atoms with Crippen molar-refractivity contribution in [3.63, 3.8) is 0 Å². The summed E-state index contributed by atoms with van der Waals surface area (Å²) >= 11 is 0. The maximum Gasteiger partial charge on any atom is 0.229 e. The zero-order valence-corrected chi connectivity index (χ0v) is 11.3. The Morgan fingerprint density at radius 1 is 1.30 bits per heavy atom. The molecule has 1 amide bonds. The van der Waals surface area contributed by atoms with Crippen molar-refractivity contribution in [3.05, 3.63) is 48.0 Å². The van der Waals surface area contributed by atoms with Crippen LogP contribution in [0.5, 0.6) is 0 Å². The van der Waals surface area contributed by atoms with Gasteiger partial charge in [0.1, 0.15) is 0 Å². The predicted octanol–water partition coefficient (Wildman–Crippen LogP) is 2.10. The van der Waals surface area contributed by atoms with Crippen molar-refractivity contribution < 1.29 is 4.79 Å². The molecule has 2 aromatic heterocycles. The second kappa shape index (κ2) is 5.86.